The first-order valence-corrected chi connectivity index (χ1v) is 7.21. The third-order valence-corrected chi connectivity index (χ3v) is 3.76. The molecule has 0 N–H and O–H groups in total. The predicted molar refractivity (Wildman–Crippen MR) is 72.4 cm³/mol. The Morgan fingerprint density at radius 2 is 1.79 bits per heavy atom. The quantitative estimate of drug-likeness (QED) is 0.591. The number of rotatable bonds is 6. The van der Waals surface area contributed by atoms with E-state index >= 15 is 0 Å². The van der Waals surface area contributed by atoms with E-state index in [-0.39, 0.29) is 0 Å². The molecule has 0 heterocycles. The monoisotopic (exact) mass is 284 g/mol. The zero-order chi connectivity index (χ0) is 14.3. The van der Waals surface area contributed by atoms with Crippen LogP contribution in [-0.4, -0.2) is 20.2 Å². The smallest absolute Gasteiger partial charge is 0.367 e. The molecule has 0 radical (unpaired) electrons. The van der Waals surface area contributed by atoms with E-state index in [1.807, 2.05) is 37.3 Å². The molecule has 0 amide bonds. The fourth-order valence-electron chi connectivity index (χ4n) is 1.47. The lowest BCUT2D eigenvalue weighted by Gasteiger charge is -2.12. The summed E-state index contributed by atoms with van der Waals surface area (Å²) in [5, 5.41) is 0. The van der Waals surface area contributed by atoms with Crippen LogP contribution in [0.2, 0.25) is 0 Å². The first kappa shape index (κ1) is 15.6. The van der Waals surface area contributed by atoms with E-state index in [0.29, 0.717) is 6.42 Å². The summed E-state index contributed by atoms with van der Waals surface area (Å²) in [4.78, 5) is 11.7. The average molecular weight is 284 g/mol. The molecule has 19 heavy (non-hydrogen) atoms. The van der Waals surface area contributed by atoms with E-state index in [0.717, 1.165) is 25.4 Å². The molecule has 1 aromatic carbocycles. The highest BCUT2D eigenvalue weighted by atomic mass is 31.2. The fraction of sp³-hybridized carbons (Fsp3) is 0.308. The maximum atomic E-state index is 11.7. The second kappa shape index (κ2) is 7.24. The average Bonchev–Trinajstić information content (AvgIpc) is 2.45. The second-order valence-corrected chi connectivity index (χ2v) is 5.42. The van der Waals surface area contributed by atoms with Crippen LogP contribution in [0.5, 0.6) is 0 Å². The van der Waals surface area contributed by atoms with Crippen LogP contribution in [0.4, 0.5) is 0 Å². The van der Waals surface area contributed by atoms with E-state index in [1.54, 1.807) is 0 Å². The van der Waals surface area contributed by atoms with Crippen LogP contribution in [0, 0.1) is 0 Å². The molecule has 0 aliphatic rings. The van der Waals surface area contributed by atoms with Crippen LogP contribution < -0.4 is 0 Å². The summed E-state index contributed by atoms with van der Waals surface area (Å²) in [6.45, 7) is 1.92. The zero-order valence-corrected chi connectivity index (χ0v) is 12.1. The Balaban J connectivity index is 2.88. The number of carbonyl (C=O) groups excluding carboxylic acids is 1. The number of hydrogen-bond acceptors (Lipinski definition) is 5. The molecule has 0 saturated carbocycles. The number of allylic oxidation sites excluding steroid dienone is 1. The van der Waals surface area contributed by atoms with Gasteiger partial charge in [0, 0.05) is 20.3 Å². The third kappa shape index (κ3) is 4.63. The van der Waals surface area contributed by atoms with Crippen molar-refractivity contribution in [1.29, 1.82) is 0 Å². The molecule has 0 unspecified atom stereocenters. The SMILES string of the molecule is CCC(=CC(=O)OP(=O)(OC)OC)c1ccccc1. The lowest BCUT2D eigenvalue weighted by molar-refractivity contribution is -0.130. The van der Waals surface area contributed by atoms with Crippen molar-refractivity contribution in [2.45, 2.75) is 13.3 Å². The molecule has 104 valence electrons. The van der Waals surface area contributed by atoms with Crippen molar-refractivity contribution >= 4 is 19.4 Å². The number of carbonyl (C=O) groups is 1. The van der Waals surface area contributed by atoms with Gasteiger partial charge in [0.25, 0.3) is 0 Å². The largest absolute Gasteiger partial charge is 0.531 e. The minimum atomic E-state index is -3.79. The molecule has 6 heteroatoms. The summed E-state index contributed by atoms with van der Waals surface area (Å²) < 4.78 is 25.4. The molecule has 5 nitrogen and oxygen atoms in total. The predicted octanol–water partition coefficient (Wildman–Crippen LogP) is 3.42. The standard InChI is InChI=1S/C13H17O5P/c1-4-11(12-8-6-5-7-9-12)10-13(14)18-19(15,16-2)17-3/h5-10H,4H2,1-3H3. The van der Waals surface area contributed by atoms with Crippen LogP contribution in [-0.2, 0) is 22.9 Å². The summed E-state index contributed by atoms with van der Waals surface area (Å²) >= 11 is 0. The second-order valence-electron chi connectivity index (χ2n) is 3.61. The molecule has 0 atom stereocenters. The molecule has 0 aromatic heterocycles. The lowest BCUT2D eigenvalue weighted by Crippen LogP contribution is -2.03. The van der Waals surface area contributed by atoms with Crippen LogP contribution in [0.15, 0.2) is 36.4 Å². The molecule has 0 saturated heterocycles. The number of benzene rings is 1. The molecule has 0 fully saturated rings. The van der Waals surface area contributed by atoms with Gasteiger partial charge in [-0.05, 0) is 17.6 Å². The Bertz CT molecular complexity index is 487. The zero-order valence-electron chi connectivity index (χ0n) is 11.2. The molecule has 0 aliphatic carbocycles. The maximum Gasteiger partial charge on any atom is 0.531 e. The van der Waals surface area contributed by atoms with Crippen LogP contribution in [0.3, 0.4) is 0 Å². The summed E-state index contributed by atoms with van der Waals surface area (Å²) in [6.07, 6.45) is 1.93. The highest BCUT2D eigenvalue weighted by molar-refractivity contribution is 7.49. The summed E-state index contributed by atoms with van der Waals surface area (Å²) in [6, 6.07) is 9.40. The Labute approximate surface area is 112 Å². The molecular weight excluding hydrogens is 267 g/mol. The lowest BCUT2D eigenvalue weighted by atomic mass is 10.0. The van der Waals surface area contributed by atoms with Gasteiger partial charge in [-0.1, -0.05) is 37.3 Å². The van der Waals surface area contributed by atoms with Crippen molar-refractivity contribution in [2.75, 3.05) is 14.2 Å². The first-order valence-electron chi connectivity index (χ1n) is 5.75. The summed E-state index contributed by atoms with van der Waals surface area (Å²) in [7, 11) is -1.49. The highest BCUT2D eigenvalue weighted by Crippen LogP contribution is 2.47. The third-order valence-electron chi connectivity index (χ3n) is 2.47. The minimum absolute atomic E-state index is 0.642. The van der Waals surface area contributed by atoms with E-state index in [4.69, 9.17) is 0 Å². The molecule has 0 spiro atoms. The minimum Gasteiger partial charge on any atom is -0.367 e. The molecule has 0 aliphatic heterocycles. The van der Waals surface area contributed by atoms with E-state index in [2.05, 4.69) is 13.6 Å². The van der Waals surface area contributed by atoms with Crippen molar-refractivity contribution in [2.24, 2.45) is 0 Å². The van der Waals surface area contributed by atoms with Gasteiger partial charge >= 0.3 is 13.8 Å². The van der Waals surface area contributed by atoms with Crippen LogP contribution in [0.25, 0.3) is 5.57 Å². The van der Waals surface area contributed by atoms with Gasteiger partial charge in [0.15, 0.2) is 0 Å². The van der Waals surface area contributed by atoms with Gasteiger partial charge in [0.1, 0.15) is 0 Å². The highest BCUT2D eigenvalue weighted by Gasteiger charge is 2.27. The maximum absolute atomic E-state index is 11.7. The van der Waals surface area contributed by atoms with Gasteiger partial charge in [0.05, 0.1) is 0 Å². The van der Waals surface area contributed by atoms with E-state index in [1.165, 1.54) is 6.08 Å². The van der Waals surface area contributed by atoms with Crippen molar-refractivity contribution < 1.29 is 22.9 Å². The fourth-order valence-corrected chi connectivity index (χ4v) is 2.04. The van der Waals surface area contributed by atoms with Crippen LogP contribution in [0.1, 0.15) is 18.9 Å². The van der Waals surface area contributed by atoms with Gasteiger partial charge < -0.3 is 4.52 Å². The Hall–Kier alpha value is -1.42. The van der Waals surface area contributed by atoms with Crippen molar-refractivity contribution in [3.8, 4) is 0 Å². The Kier molecular flexibility index (Phi) is 5.96. The van der Waals surface area contributed by atoms with Crippen molar-refractivity contribution in [1.82, 2.24) is 0 Å². The van der Waals surface area contributed by atoms with Crippen molar-refractivity contribution in [3.63, 3.8) is 0 Å². The van der Waals surface area contributed by atoms with Gasteiger partial charge in [-0.2, -0.15) is 0 Å². The number of phosphoric ester groups is 1. The normalized spacial score (nSPS) is 12.3. The summed E-state index contributed by atoms with van der Waals surface area (Å²) in [5.41, 5.74) is 1.69. The van der Waals surface area contributed by atoms with Gasteiger partial charge in [-0.15, -0.1) is 0 Å². The first-order chi connectivity index (χ1) is 9.04. The van der Waals surface area contributed by atoms with Crippen LogP contribution >= 0.6 is 7.82 Å². The number of phosphoric acid groups is 1. The van der Waals surface area contributed by atoms with Gasteiger partial charge in [-0.3, -0.25) is 9.05 Å². The Morgan fingerprint density at radius 3 is 2.26 bits per heavy atom. The summed E-state index contributed by atoms with van der Waals surface area (Å²) in [5.74, 6) is -0.757. The molecular formula is C13H17O5P. The van der Waals surface area contributed by atoms with Gasteiger partial charge in [-0.25, -0.2) is 9.36 Å². The van der Waals surface area contributed by atoms with Crippen molar-refractivity contribution in [3.05, 3.63) is 42.0 Å². The number of hydrogen-bond donors (Lipinski definition) is 0. The molecule has 0 bridgehead atoms. The van der Waals surface area contributed by atoms with E-state index in [9.17, 15) is 9.36 Å². The van der Waals surface area contributed by atoms with Gasteiger partial charge in [0.2, 0.25) is 0 Å². The van der Waals surface area contributed by atoms with E-state index < -0.39 is 13.8 Å². The molecule has 1 rings (SSSR count). The topological polar surface area (TPSA) is 61.8 Å². The Morgan fingerprint density at radius 1 is 1.21 bits per heavy atom. The molecule has 1 aromatic rings.